The van der Waals surface area contributed by atoms with E-state index in [1.165, 1.54) is 35.3 Å². The van der Waals surface area contributed by atoms with E-state index in [-0.39, 0.29) is 49.2 Å². The number of aromatic amines is 2. The zero-order valence-corrected chi connectivity index (χ0v) is 24.7. The third-order valence-electron chi connectivity index (χ3n) is 7.25. The van der Waals surface area contributed by atoms with Gasteiger partial charge >= 0.3 is 23.9 Å². The van der Waals surface area contributed by atoms with Crippen LogP contribution >= 0.6 is 0 Å². The number of fused-ring (bicyclic) bond motifs is 3. The molecule has 2 N–H and O–H groups in total. The van der Waals surface area contributed by atoms with Gasteiger partial charge in [0.05, 0.1) is 41.2 Å². The van der Waals surface area contributed by atoms with Crippen molar-refractivity contribution in [3.05, 3.63) is 95.8 Å². The van der Waals surface area contributed by atoms with Gasteiger partial charge in [-0.3, -0.25) is 4.57 Å². The molecule has 0 spiro atoms. The van der Waals surface area contributed by atoms with Gasteiger partial charge in [0.25, 0.3) is 0 Å². The standard InChI is InChI=1S/C33H25N3O11/c1-2-41-33(40)25-16-29-24(7-9-43-29)36(25)17-46-30(37)19-5-3-4-18(12-19)26-13-21-28(47-26)15-23(35-21)32(39)45-11-10-44-31(38)22-14-27-20(34-22)6-8-42-27/h3-9,12-16,34-35H,2,10-11,17H2,1H3. The molecule has 0 unspecified atom stereocenters. The number of furan rings is 3. The third kappa shape index (κ3) is 5.75. The number of benzene rings is 1. The molecule has 0 aliphatic carbocycles. The van der Waals surface area contributed by atoms with E-state index in [9.17, 15) is 19.2 Å². The quantitative estimate of drug-likeness (QED) is 0.0954. The number of nitrogens with zero attached hydrogens (tertiary/aromatic N) is 1. The maximum absolute atomic E-state index is 13.0. The summed E-state index contributed by atoms with van der Waals surface area (Å²) in [5, 5.41) is 0. The smallest absolute Gasteiger partial charge is 0.355 e. The largest absolute Gasteiger partial charge is 0.463 e. The van der Waals surface area contributed by atoms with E-state index in [2.05, 4.69) is 9.97 Å². The Morgan fingerprint density at radius 1 is 0.702 bits per heavy atom. The second-order valence-corrected chi connectivity index (χ2v) is 10.2. The summed E-state index contributed by atoms with van der Waals surface area (Å²) in [5.74, 6) is -2.00. The van der Waals surface area contributed by atoms with Crippen molar-refractivity contribution in [1.29, 1.82) is 0 Å². The molecule has 7 rings (SSSR count). The van der Waals surface area contributed by atoms with E-state index < -0.39 is 23.9 Å². The lowest BCUT2D eigenvalue weighted by molar-refractivity contribution is 0.0260. The van der Waals surface area contributed by atoms with E-state index in [4.69, 9.17) is 32.2 Å². The minimum absolute atomic E-state index is 0.142. The van der Waals surface area contributed by atoms with Crippen LogP contribution in [0.1, 0.15) is 48.7 Å². The second kappa shape index (κ2) is 12.2. The summed E-state index contributed by atoms with van der Waals surface area (Å²) in [5.41, 5.74) is 4.60. The van der Waals surface area contributed by atoms with Crippen molar-refractivity contribution in [2.24, 2.45) is 0 Å². The van der Waals surface area contributed by atoms with Gasteiger partial charge in [0.1, 0.15) is 36.1 Å². The zero-order chi connectivity index (χ0) is 32.5. The van der Waals surface area contributed by atoms with Crippen molar-refractivity contribution in [2.75, 3.05) is 19.8 Å². The molecule has 0 saturated heterocycles. The van der Waals surface area contributed by atoms with Crippen LogP contribution in [0.4, 0.5) is 0 Å². The molecule has 6 heterocycles. The Kier molecular flexibility index (Phi) is 7.57. The lowest BCUT2D eigenvalue weighted by Crippen LogP contribution is -2.16. The molecule has 0 bridgehead atoms. The molecule has 6 aromatic heterocycles. The molecule has 0 radical (unpaired) electrons. The fourth-order valence-corrected chi connectivity index (χ4v) is 5.05. The van der Waals surface area contributed by atoms with E-state index in [0.29, 0.717) is 44.6 Å². The summed E-state index contributed by atoms with van der Waals surface area (Å²) >= 11 is 0. The Morgan fingerprint density at radius 3 is 2.17 bits per heavy atom. The van der Waals surface area contributed by atoms with Gasteiger partial charge < -0.3 is 42.2 Å². The highest BCUT2D eigenvalue weighted by atomic mass is 16.6. The van der Waals surface area contributed by atoms with E-state index in [1.54, 1.807) is 49.4 Å². The topological polar surface area (TPSA) is 181 Å². The number of aromatic nitrogens is 3. The summed E-state index contributed by atoms with van der Waals surface area (Å²) in [4.78, 5) is 56.0. The molecule has 7 aromatic rings. The lowest BCUT2D eigenvalue weighted by Gasteiger charge is -2.10. The van der Waals surface area contributed by atoms with Gasteiger partial charge in [-0.25, -0.2) is 19.2 Å². The summed E-state index contributed by atoms with van der Waals surface area (Å²) in [6, 6.07) is 16.2. The number of nitrogens with one attached hydrogen (secondary N) is 2. The van der Waals surface area contributed by atoms with Gasteiger partial charge in [-0.2, -0.15) is 0 Å². The first-order chi connectivity index (χ1) is 22.9. The van der Waals surface area contributed by atoms with E-state index in [0.717, 1.165) is 0 Å². The van der Waals surface area contributed by atoms with Crippen LogP contribution in [0.2, 0.25) is 0 Å². The fraction of sp³-hybridized carbons (Fsp3) is 0.152. The Bertz CT molecular complexity index is 2210. The van der Waals surface area contributed by atoms with Crippen molar-refractivity contribution in [1.82, 2.24) is 14.5 Å². The van der Waals surface area contributed by atoms with Crippen molar-refractivity contribution < 1.29 is 51.4 Å². The Morgan fingerprint density at radius 2 is 1.43 bits per heavy atom. The van der Waals surface area contributed by atoms with Gasteiger partial charge in [0.15, 0.2) is 23.5 Å². The van der Waals surface area contributed by atoms with Crippen LogP contribution in [0, 0.1) is 0 Å². The van der Waals surface area contributed by atoms with Crippen LogP contribution in [0.25, 0.3) is 44.6 Å². The number of rotatable bonds is 11. The fourth-order valence-electron chi connectivity index (χ4n) is 5.05. The van der Waals surface area contributed by atoms with Crippen LogP contribution in [-0.4, -0.2) is 58.2 Å². The molecular weight excluding hydrogens is 614 g/mol. The van der Waals surface area contributed by atoms with Crippen molar-refractivity contribution in [3.63, 3.8) is 0 Å². The highest BCUT2D eigenvalue weighted by Crippen LogP contribution is 2.29. The van der Waals surface area contributed by atoms with Gasteiger partial charge in [0.2, 0.25) is 0 Å². The number of carbonyl (C=O) groups excluding carboxylic acids is 4. The van der Waals surface area contributed by atoms with Gasteiger partial charge in [-0.05, 0) is 19.1 Å². The van der Waals surface area contributed by atoms with Gasteiger partial charge in [0, 0.05) is 42.0 Å². The number of H-pyrrole nitrogens is 2. The van der Waals surface area contributed by atoms with Crippen LogP contribution in [-0.2, 0) is 25.7 Å². The summed E-state index contributed by atoms with van der Waals surface area (Å²) in [7, 11) is 0. The SMILES string of the molecule is CCOC(=O)c1cc2occc2n1COC(=O)c1cccc(-c2cc3[nH]c(C(=O)OCCOC(=O)c4cc5occc5[nH]4)cc3o2)c1. The summed E-state index contributed by atoms with van der Waals surface area (Å²) in [6.45, 7) is 1.35. The molecule has 0 fully saturated rings. The van der Waals surface area contributed by atoms with Crippen molar-refractivity contribution in [2.45, 2.75) is 13.7 Å². The first-order valence-electron chi connectivity index (χ1n) is 14.4. The molecule has 14 nitrogen and oxygen atoms in total. The number of hydrogen-bond donors (Lipinski definition) is 2. The van der Waals surface area contributed by atoms with Gasteiger partial charge in [-0.15, -0.1) is 0 Å². The molecular formula is C33H25N3O11. The van der Waals surface area contributed by atoms with Gasteiger partial charge in [-0.1, -0.05) is 12.1 Å². The predicted octanol–water partition coefficient (Wildman–Crippen LogP) is 6.05. The van der Waals surface area contributed by atoms with Crippen LogP contribution in [0.3, 0.4) is 0 Å². The first kappa shape index (κ1) is 29.3. The molecule has 0 amide bonds. The van der Waals surface area contributed by atoms with E-state index >= 15 is 0 Å². The molecule has 0 atom stereocenters. The van der Waals surface area contributed by atoms with Crippen LogP contribution in [0.5, 0.6) is 0 Å². The van der Waals surface area contributed by atoms with Crippen molar-refractivity contribution >= 4 is 57.2 Å². The summed E-state index contributed by atoms with van der Waals surface area (Å²) < 4.78 is 39.0. The highest BCUT2D eigenvalue weighted by Gasteiger charge is 2.21. The maximum atomic E-state index is 13.0. The molecule has 238 valence electrons. The molecule has 0 aliphatic heterocycles. The number of hydrogen-bond acceptors (Lipinski definition) is 11. The molecule has 14 heteroatoms. The average molecular weight is 640 g/mol. The zero-order valence-electron chi connectivity index (χ0n) is 24.7. The number of carbonyl (C=O) groups is 4. The second-order valence-electron chi connectivity index (χ2n) is 10.2. The summed E-state index contributed by atoms with van der Waals surface area (Å²) in [6.07, 6.45) is 2.98. The minimum atomic E-state index is -0.655. The number of ether oxygens (including phenoxy) is 4. The highest BCUT2D eigenvalue weighted by molar-refractivity contribution is 5.96. The maximum Gasteiger partial charge on any atom is 0.355 e. The monoisotopic (exact) mass is 639 g/mol. The third-order valence-corrected chi connectivity index (χ3v) is 7.25. The Labute approximate surface area is 263 Å². The predicted molar refractivity (Wildman–Crippen MR) is 163 cm³/mol. The Balaban J connectivity index is 0.958. The molecule has 0 saturated carbocycles. The average Bonchev–Trinajstić information content (AvgIpc) is 3.90. The number of esters is 4. The molecule has 1 aromatic carbocycles. The first-order valence-corrected chi connectivity index (χ1v) is 14.4. The Hall–Kier alpha value is -6.44. The molecule has 0 aliphatic rings. The van der Waals surface area contributed by atoms with Crippen LogP contribution < -0.4 is 0 Å². The minimum Gasteiger partial charge on any atom is -0.463 e. The van der Waals surface area contributed by atoms with E-state index in [1.807, 2.05) is 0 Å². The molecule has 47 heavy (non-hydrogen) atoms. The van der Waals surface area contributed by atoms with Crippen molar-refractivity contribution in [3.8, 4) is 11.3 Å². The lowest BCUT2D eigenvalue weighted by atomic mass is 10.1. The normalized spacial score (nSPS) is 11.3. The van der Waals surface area contributed by atoms with Crippen LogP contribution in [0.15, 0.2) is 86.4 Å².